The second kappa shape index (κ2) is 6.49. The highest BCUT2D eigenvalue weighted by atomic mass is 19.1. The molecule has 2 aromatic carbocycles. The number of aromatic nitrogens is 2. The van der Waals surface area contributed by atoms with Crippen LogP contribution in [0.3, 0.4) is 0 Å². The second-order valence-corrected chi connectivity index (χ2v) is 6.38. The van der Waals surface area contributed by atoms with Crippen molar-refractivity contribution in [3.8, 4) is 5.69 Å². The summed E-state index contributed by atoms with van der Waals surface area (Å²) in [6.45, 7) is 0.375. The van der Waals surface area contributed by atoms with Gasteiger partial charge in [0.05, 0.1) is 11.3 Å². The summed E-state index contributed by atoms with van der Waals surface area (Å²) in [6, 6.07) is 9.46. The second-order valence-electron chi connectivity index (χ2n) is 6.38. The van der Waals surface area contributed by atoms with Crippen LogP contribution in [-0.4, -0.2) is 34.9 Å². The van der Waals surface area contributed by atoms with Gasteiger partial charge in [0.25, 0.3) is 5.91 Å². The average Bonchev–Trinajstić information content (AvgIpc) is 3.05. The van der Waals surface area contributed by atoms with Gasteiger partial charge in [0.1, 0.15) is 17.5 Å². The zero-order valence-electron chi connectivity index (χ0n) is 14.9. The van der Waals surface area contributed by atoms with Crippen LogP contribution in [0.25, 0.3) is 16.6 Å². The van der Waals surface area contributed by atoms with Crippen LogP contribution in [0.2, 0.25) is 0 Å². The maximum Gasteiger partial charge on any atom is 0.250 e. The first kappa shape index (κ1) is 15.5. The van der Waals surface area contributed by atoms with Crippen molar-refractivity contribution in [3.63, 3.8) is 0 Å². The molecule has 0 bridgehead atoms. The smallest absolute Gasteiger partial charge is 0.250 e. The van der Waals surface area contributed by atoms with Crippen LogP contribution >= 0.6 is 0 Å². The molecule has 0 unspecified atom stereocenters. The first-order valence-electron chi connectivity index (χ1n) is 8.81. The van der Waals surface area contributed by atoms with Gasteiger partial charge in [-0.25, -0.2) is 13.5 Å². The van der Waals surface area contributed by atoms with E-state index in [2.05, 4.69) is 10.4 Å². The molecule has 5 nitrogen and oxygen atoms in total. The number of hydrogen-bond acceptors (Lipinski definition) is 3. The molecule has 4 rings (SSSR count). The van der Waals surface area contributed by atoms with Crippen molar-refractivity contribution >= 4 is 16.8 Å². The summed E-state index contributed by atoms with van der Waals surface area (Å²) in [5.74, 6) is -2.53. The summed E-state index contributed by atoms with van der Waals surface area (Å²) < 4.78 is 38.4. The Hall–Kier alpha value is -2.80. The largest absolute Gasteiger partial charge is 0.366 e. The molecule has 1 aliphatic heterocycles. The van der Waals surface area contributed by atoms with Gasteiger partial charge >= 0.3 is 0 Å². The van der Waals surface area contributed by atoms with Crippen molar-refractivity contribution in [1.29, 1.82) is 0 Å². The highest BCUT2D eigenvalue weighted by Gasteiger charge is 2.25. The molecule has 0 aliphatic carbocycles. The van der Waals surface area contributed by atoms with Crippen molar-refractivity contribution < 1.29 is 14.9 Å². The molecule has 0 spiro atoms. The molecule has 2 heterocycles. The SMILES string of the molecule is [2H][C@]1(c2ccc(-n3cc4cccc(C(N)=O)c4n3)cc2F)CNC[C@@H](F)C1. The molecule has 0 saturated carbocycles. The number of alkyl halides is 1. The Bertz CT molecular complexity index is 1040. The van der Waals surface area contributed by atoms with Gasteiger partial charge < -0.3 is 11.1 Å². The zero-order chi connectivity index (χ0) is 19.2. The number of rotatable bonds is 3. The highest BCUT2D eigenvalue weighted by Crippen LogP contribution is 2.28. The van der Waals surface area contributed by atoms with E-state index in [1.807, 2.05) is 0 Å². The number of nitrogens with one attached hydrogen (secondary N) is 1. The number of benzene rings is 2. The van der Waals surface area contributed by atoms with Crippen molar-refractivity contribution in [2.75, 3.05) is 13.1 Å². The number of piperidine rings is 1. The van der Waals surface area contributed by atoms with Crippen LogP contribution < -0.4 is 11.1 Å². The average molecular weight is 357 g/mol. The minimum absolute atomic E-state index is 0.0517. The summed E-state index contributed by atoms with van der Waals surface area (Å²) >= 11 is 0. The van der Waals surface area contributed by atoms with Crippen molar-refractivity contribution in [3.05, 3.63) is 59.5 Å². The summed E-state index contributed by atoms with van der Waals surface area (Å²) in [4.78, 5) is 11.6. The van der Waals surface area contributed by atoms with Gasteiger partial charge in [-0.3, -0.25) is 4.79 Å². The van der Waals surface area contributed by atoms with Gasteiger partial charge in [-0.2, -0.15) is 5.10 Å². The predicted molar refractivity (Wildman–Crippen MR) is 94.7 cm³/mol. The van der Waals surface area contributed by atoms with Gasteiger partial charge in [0.15, 0.2) is 0 Å². The van der Waals surface area contributed by atoms with Gasteiger partial charge in [-0.1, -0.05) is 18.2 Å². The molecule has 0 radical (unpaired) electrons. The van der Waals surface area contributed by atoms with E-state index in [0.29, 0.717) is 16.6 Å². The Morgan fingerprint density at radius 2 is 2.19 bits per heavy atom. The van der Waals surface area contributed by atoms with E-state index in [0.717, 1.165) is 0 Å². The third kappa shape index (κ3) is 2.94. The minimum atomic E-state index is -1.35. The third-order valence-corrected chi connectivity index (χ3v) is 4.57. The lowest BCUT2D eigenvalue weighted by Crippen LogP contribution is -2.36. The number of nitrogens with zero attached hydrogens (tertiary/aromatic N) is 2. The van der Waals surface area contributed by atoms with E-state index in [4.69, 9.17) is 7.10 Å². The molecule has 1 aromatic heterocycles. The number of amides is 1. The fraction of sp³-hybridized carbons (Fsp3) is 0.263. The number of nitrogens with two attached hydrogens (primary N) is 1. The van der Waals surface area contributed by atoms with Crippen LogP contribution in [-0.2, 0) is 0 Å². The van der Waals surface area contributed by atoms with Gasteiger partial charge in [-0.15, -0.1) is 0 Å². The molecular formula is C19H18F2N4O. The van der Waals surface area contributed by atoms with E-state index in [9.17, 15) is 13.6 Å². The van der Waals surface area contributed by atoms with Gasteiger partial charge in [0.2, 0.25) is 0 Å². The normalized spacial score (nSPS) is 23.8. The molecule has 134 valence electrons. The quantitative estimate of drug-likeness (QED) is 0.757. The van der Waals surface area contributed by atoms with Crippen LogP contribution in [0.1, 0.15) is 29.6 Å². The summed E-state index contributed by atoms with van der Waals surface area (Å²) in [6.07, 6.45) is 0.440. The van der Waals surface area contributed by atoms with E-state index in [1.165, 1.54) is 16.8 Å². The Morgan fingerprint density at radius 3 is 2.92 bits per heavy atom. The Labute approximate surface area is 150 Å². The lowest BCUT2D eigenvalue weighted by molar-refractivity contribution is 0.100. The first-order chi connectivity index (χ1) is 12.9. The third-order valence-electron chi connectivity index (χ3n) is 4.57. The summed E-state index contributed by atoms with van der Waals surface area (Å²) in [5.41, 5.74) is 6.68. The minimum Gasteiger partial charge on any atom is -0.366 e. The van der Waals surface area contributed by atoms with Crippen LogP contribution in [0.15, 0.2) is 42.6 Å². The fourth-order valence-electron chi connectivity index (χ4n) is 3.31. The van der Waals surface area contributed by atoms with Gasteiger partial charge in [0, 0.05) is 31.9 Å². The molecule has 1 amide bonds. The van der Waals surface area contributed by atoms with Crippen LogP contribution in [0, 0.1) is 5.82 Å². The number of carbonyl (C=O) groups excluding carboxylic acids is 1. The number of halogens is 2. The maximum absolute atomic E-state index is 14.8. The molecule has 26 heavy (non-hydrogen) atoms. The standard InChI is InChI=1S/C19H18F2N4O/c20-13-6-12(8-23-9-13)15-5-4-14(7-17(15)21)25-10-11-2-1-3-16(19(22)26)18(11)24-25/h1-5,7,10,12-13,23H,6,8-9H2,(H2,22,26)/t12-,13+/m1/s1/i12D. The van der Waals surface area contributed by atoms with Gasteiger partial charge in [-0.05, 0) is 30.2 Å². The number of primary amides is 1. The zero-order valence-corrected chi connectivity index (χ0v) is 13.9. The topological polar surface area (TPSA) is 72.9 Å². The molecule has 2 atom stereocenters. The van der Waals surface area contributed by atoms with E-state index in [1.54, 1.807) is 30.5 Å². The lowest BCUT2D eigenvalue weighted by atomic mass is 9.90. The molecule has 1 aliphatic rings. The van der Waals surface area contributed by atoms with Crippen LogP contribution in [0.5, 0.6) is 0 Å². The highest BCUT2D eigenvalue weighted by molar-refractivity contribution is 6.04. The predicted octanol–water partition coefficient (Wildman–Crippen LogP) is 2.68. The molecule has 1 saturated heterocycles. The summed E-state index contributed by atoms with van der Waals surface area (Å²) in [5, 5.41) is 7.89. The molecule has 1 fully saturated rings. The monoisotopic (exact) mass is 357 g/mol. The van der Waals surface area contributed by atoms with E-state index < -0.39 is 23.8 Å². The lowest BCUT2D eigenvalue weighted by Gasteiger charge is -2.26. The van der Waals surface area contributed by atoms with Crippen molar-refractivity contribution in [2.24, 2.45) is 5.73 Å². The number of hydrogen-bond donors (Lipinski definition) is 2. The fourth-order valence-corrected chi connectivity index (χ4v) is 3.31. The van der Waals surface area contributed by atoms with Crippen molar-refractivity contribution in [2.45, 2.75) is 18.5 Å². The molecule has 7 heteroatoms. The van der Waals surface area contributed by atoms with E-state index in [-0.39, 0.29) is 30.6 Å². The van der Waals surface area contributed by atoms with E-state index >= 15 is 0 Å². The van der Waals surface area contributed by atoms with Crippen molar-refractivity contribution in [1.82, 2.24) is 15.1 Å². The molecule has 3 N–H and O–H groups in total. The first-order valence-corrected chi connectivity index (χ1v) is 8.31. The maximum atomic E-state index is 14.8. The number of carbonyl (C=O) groups is 1. The Morgan fingerprint density at radius 1 is 1.35 bits per heavy atom. The Balaban J connectivity index is 1.74. The Kier molecular flexibility index (Phi) is 3.86. The number of fused-ring (bicyclic) bond motifs is 1. The molecular weight excluding hydrogens is 338 g/mol. The van der Waals surface area contributed by atoms with Crippen LogP contribution in [0.4, 0.5) is 8.78 Å². The summed E-state index contributed by atoms with van der Waals surface area (Å²) in [7, 11) is 0. The molecule has 3 aromatic rings.